The van der Waals surface area contributed by atoms with Crippen LogP contribution in [-0.2, 0) is 0 Å². The smallest absolute Gasteiger partial charge is 0.150 e. The Balaban J connectivity index is 2.01. The van der Waals surface area contributed by atoms with Crippen molar-refractivity contribution in [1.29, 1.82) is 0 Å². The third-order valence-electron chi connectivity index (χ3n) is 3.47. The second-order valence-electron chi connectivity index (χ2n) is 5.06. The Labute approximate surface area is 109 Å². The zero-order chi connectivity index (χ0) is 12.6. The summed E-state index contributed by atoms with van der Waals surface area (Å²) < 4.78 is 26.9. The highest BCUT2D eigenvalue weighted by atomic mass is 79.9. The Morgan fingerprint density at radius 3 is 2.47 bits per heavy atom. The van der Waals surface area contributed by atoms with E-state index < -0.39 is 11.6 Å². The molecule has 2 rings (SSSR count). The first-order chi connectivity index (χ1) is 7.97. The minimum absolute atomic E-state index is 0.304. The summed E-state index contributed by atoms with van der Waals surface area (Å²) in [5.74, 6) is 0.294. The second-order valence-corrected chi connectivity index (χ2v) is 5.92. The normalized spacial score (nSPS) is 23.6. The summed E-state index contributed by atoms with van der Waals surface area (Å²) in [5.41, 5.74) is 0.374. The largest absolute Gasteiger partial charge is 0.379 e. The molecule has 0 saturated heterocycles. The average molecular weight is 304 g/mol. The lowest BCUT2D eigenvalue weighted by Crippen LogP contribution is -2.38. The van der Waals surface area contributed by atoms with Crippen LogP contribution in [0.5, 0.6) is 0 Å². The minimum Gasteiger partial charge on any atom is -0.379 e. The lowest BCUT2D eigenvalue weighted by molar-refractivity contribution is 0.211. The summed E-state index contributed by atoms with van der Waals surface area (Å²) >= 11 is 3.18. The molecule has 0 aliphatic heterocycles. The Kier molecular flexibility index (Phi) is 3.71. The molecule has 0 atom stereocenters. The third-order valence-corrected chi connectivity index (χ3v) is 4.10. The molecule has 17 heavy (non-hydrogen) atoms. The van der Waals surface area contributed by atoms with E-state index in [2.05, 4.69) is 35.1 Å². The highest BCUT2D eigenvalue weighted by molar-refractivity contribution is 9.10. The van der Waals surface area contributed by atoms with E-state index in [4.69, 9.17) is 0 Å². The molecule has 0 unspecified atom stereocenters. The topological polar surface area (TPSA) is 12.0 Å². The van der Waals surface area contributed by atoms with Gasteiger partial charge in [-0.3, -0.25) is 0 Å². The molecule has 0 amide bonds. The number of hydrogen-bond donors (Lipinski definition) is 1. The SMILES string of the molecule is CC(C)C1CC(Nc2c(F)cc(F)cc2Br)C1. The van der Waals surface area contributed by atoms with Crippen molar-refractivity contribution in [1.82, 2.24) is 0 Å². The maximum absolute atomic E-state index is 13.6. The van der Waals surface area contributed by atoms with E-state index >= 15 is 0 Å². The summed E-state index contributed by atoms with van der Waals surface area (Å²) in [4.78, 5) is 0. The molecule has 1 saturated carbocycles. The Morgan fingerprint density at radius 1 is 1.29 bits per heavy atom. The fraction of sp³-hybridized carbons (Fsp3) is 0.538. The van der Waals surface area contributed by atoms with E-state index in [0.29, 0.717) is 22.1 Å². The molecular formula is C13H16BrF2N. The molecular weight excluding hydrogens is 288 g/mol. The molecule has 0 radical (unpaired) electrons. The molecule has 1 fully saturated rings. The van der Waals surface area contributed by atoms with Crippen molar-refractivity contribution in [3.05, 3.63) is 28.2 Å². The van der Waals surface area contributed by atoms with Crippen LogP contribution in [-0.4, -0.2) is 6.04 Å². The molecule has 1 nitrogen and oxygen atoms in total. The standard InChI is InChI=1S/C13H16BrF2N/c1-7(2)8-3-10(4-8)17-13-11(14)5-9(15)6-12(13)16/h5-8,10,17H,3-4H2,1-2H3. The van der Waals surface area contributed by atoms with Crippen molar-refractivity contribution in [2.45, 2.75) is 32.7 Å². The van der Waals surface area contributed by atoms with E-state index in [1.165, 1.54) is 6.07 Å². The number of benzene rings is 1. The minimum atomic E-state index is -0.561. The molecule has 1 aliphatic rings. The van der Waals surface area contributed by atoms with E-state index in [9.17, 15) is 8.78 Å². The highest BCUT2D eigenvalue weighted by Gasteiger charge is 2.31. The molecule has 0 bridgehead atoms. The fourth-order valence-corrected chi connectivity index (χ4v) is 2.73. The van der Waals surface area contributed by atoms with Gasteiger partial charge in [-0.05, 0) is 46.7 Å². The van der Waals surface area contributed by atoms with Gasteiger partial charge in [-0.1, -0.05) is 13.8 Å². The van der Waals surface area contributed by atoms with Crippen LogP contribution in [0.25, 0.3) is 0 Å². The van der Waals surface area contributed by atoms with Crippen LogP contribution in [0.4, 0.5) is 14.5 Å². The van der Waals surface area contributed by atoms with Gasteiger partial charge in [0.1, 0.15) is 11.6 Å². The van der Waals surface area contributed by atoms with Crippen LogP contribution in [0.1, 0.15) is 26.7 Å². The van der Waals surface area contributed by atoms with Gasteiger partial charge >= 0.3 is 0 Å². The Bertz CT molecular complexity index is 391. The number of hydrogen-bond acceptors (Lipinski definition) is 1. The lowest BCUT2D eigenvalue weighted by Gasteiger charge is -2.39. The molecule has 1 N–H and O–H groups in total. The van der Waals surface area contributed by atoms with Gasteiger partial charge in [0, 0.05) is 16.6 Å². The molecule has 1 aliphatic carbocycles. The number of nitrogens with one attached hydrogen (secondary N) is 1. The first-order valence-electron chi connectivity index (χ1n) is 5.88. The number of rotatable bonds is 3. The molecule has 1 aromatic rings. The van der Waals surface area contributed by atoms with Crippen molar-refractivity contribution in [2.24, 2.45) is 11.8 Å². The van der Waals surface area contributed by atoms with Crippen molar-refractivity contribution in [3.63, 3.8) is 0 Å². The number of halogens is 3. The van der Waals surface area contributed by atoms with Crippen molar-refractivity contribution >= 4 is 21.6 Å². The van der Waals surface area contributed by atoms with Gasteiger partial charge in [-0.15, -0.1) is 0 Å². The Morgan fingerprint density at radius 2 is 1.94 bits per heavy atom. The highest BCUT2D eigenvalue weighted by Crippen LogP contribution is 2.37. The monoisotopic (exact) mass is 303 g/mol. The van der Waals surface area contributed by atoms with Gasteiger partial charge in [-0.25, -0.2) is 8.78 Å². The third kappa shape index (κ3) is 2.79. The average Bonchev–Trinajstić information content (AvgIpc) is 2.12. The molecule has 0 spiro atoms. The molecule has 94 valence electrons. The van der Waals surface area contributed by atoms with Crippen LogP contribution in [0.2, 0.25) is 0 Å². The van der Waals surface area contributed by atoms with Gasteiger partial charge in [0.25, 0.3) is 0 Å². The van der Waals surface area contributed by atoms with E-state index in [1.807, 2.05) is 0 Å². The Hall–Kier alpha value is -0.640. The van der Waals surface area contributed by atoms with E-state index in [0.717, 1.165) is 24.8 Å². The van der Waals surface area contributed by atoms with E-state index in [-0.39, 0.29) is 0 Å². The van der Waals surface area contributed by atoms with Crippen molar-refractivity contribution in [2.75, 3.05) is 5.32 Å². The predicted molar refractivity (Wildman–Crippen MR) is 69.0 cm³/mol. The molecule has 0 aromatic heterocycles. The van der Waals surface area contributed by atoms with Gasteiger partial charge in [-0.2, -0.15) is 0 Å². The van der Waals surface area contributed by atoms with Gasteiger partial charge in [0.15, 0.2) is 0 Å². The van der Waals surface area contributed by atoms with Crippen molar-refractivity contribution < 1.29 is 8.78 Å². The number of anilines is 1. The van der Waals surface area contributed by atoms with E-state index in [1.54, 1.807) is 0 Å². The summed E-state index contributed by atoms with van der Waals surface area (Å²) in [7, 11) is 0. The first-order valence-corrected chi connectivity index (χ1v) is 6.67. The van der Waals surface area contributed by atoms with Crippen LogP contribution in [0.3, 0.4) is 0 Å². The lowest BCUT2D eigenvalue weighted by atomic mass is 9.73. The molecule has 1 aromatic carbocycles. The molecule has 4 heteroatoms. The molecule has 0 heterocycles. The summed E-state index contributed by atoms with van der Waals surface area (Å²) in [6.45, 7) is 4.41. The predicted octanol–water partition coefficient (Wildman–Crippen LogP) is 4.57. The first kappa shape index (κ1) is 12.8. The van der Waals surface area contributed by atoms with Gasteiger partial charge < -0.3 is 5.32 Å². The zero-order valence-electron chi connectivity index (χ0n) is 9.93. The van der Waals surface area contributed by atoms with Crippen LogP contribution in [0.15, 0.2) is 16.6 Å². The second kappa shape index (κ2) is 4.92. The van der Waals surface area contributed by atoms with Crippen LogP contribution in [0, 0.1) is 23.5 Å². The summed E-state index contributed by atoms with van der Waals surface area (Å²) in [5, 5.41) is 3.14. The fourth-order valence-electron chi connectivity index (χ4n) is 2.21. The van der Waals surface area contributed by atoms with Gasteiger partial charge in [0.2, 0.25) is 0 Å². The zero-order valence-corrected chi connectivity index (χ0v) is 11.5. The quantitative estimate of drug-likeness (QED) is 0.862. The maximum Gasteiger partial charge on any atom is 0.150 e. The summed E-state index contributed by atoms with van der Waals surface area (Å²) in [6.07, 6.45) is 2.11. The van der Waals surface area contributed by atoms with Gasteiger partial charge in [0.05, 0.1) is 5.69 Å². The maximum atomic E-state index is 13.6. The van der Waals surface area contributed by atoms with Crippen LogP contribution >= 0.6 is 15.9 Å². The summed E-state index contributed by atoms with van der Waals surface area (Å²) in [6, 6.07) is 2.49. The van der Waals surface area contributed by atoms with Crippen molar-refractivity contribution in [3.8, 4) is 0 Å². The van der Waals surface area contributed by atoms with Crippen LogP contribution < -0.4 is 5.32 Å².